The SMILES string of the molecule is CC(C)(C)OC(=O)CBr.COc1cc(C)c(S(=O)(=O)N2c3ccccc3C[C@H]2CO)c(C)c1.COc1cc(C)c(S(=O)(=O)N2c3ccccc3C[C@H]2COCC(=O)O)c(C)c1.COc1cc(C)c(S(=O)(=O)N2c3ccccc3C[C@H]2COCC(=O)OC(C)(C)C)c(C)c1.O=C(O)[C@@H]1Cc2ccccc2N1.OC[C@@H]1Cc2ccccc2N1. The lowest BCUT2D eigenvalue weighted by molar-refractivity contribution is -0.160. The van der Waals surface area contributed by atoms with Gasteiger partial charge in [0.25, 0.3) is 30.1 Å². The number of carboxylic acids is 2. The van der Waals surface area contributed by atoms with E-state index in [1.54, 1.807) is 137 Å². The number of methoxy groups -OCH3 is 3. The number of aliphatic carboxylic acids is 2. The van der Waals surface area contributed by atoms with Gasteiger partial charge >= 0.3 is 23.9 Å². The molecular formula is C86H106BrN5O21S3. The van der Waals surface area contributed by atoms with Crippen LogP contribution in [0.5, 0.6) is 17.2 Å². The van der Waals surface area contributed by atoms with Gasteiger partial charge < -0.3 is 64.2 Å². The smallest absolute Gasteiger partial charge is 0.332 e. The summed E-state index contributed by atoms with van der Waals surface area (Å²) in [6.45, 7) is 20.8. The maximum absolute atomic E-state index is 13.9. The fourth-order valence-corrected chi connectivity index (χ4v) is 20.9. The van der Waals surface area contributed by atoms with E-state index in [1.807, 2.05) is 112 Å². The number of benzene rings is 8. The number of ether oxygens (including phenoxy) is 7. The molecule has 0 amide bonds. The van der Waals surface area contributed by atoms with Gasteiger partial charge in [-0.2, -0.15) is 0 Å². The van der Waals surface area contributed by atoms with Crippen molar-refractivity contribution >= 4 is 98.3 Å². The number of alkyl halides is 1. The molecule has 0 saturated heterocycles. The third-order valence-corrected chi connectivity index (χ3v) is 25.9. The molecule has 0 unspecified atom stereocenters. The number of nitrogens with one attached hydrogen (secondary N) is 2. The Balaban J connectivity index is 0.000000183. The molecule has 0 saturated carbocycles. The zero-order valence-electron chi connectivity index (χ0n) is 68.1. The molecule has 0 bridgehead atoms. The fraction of sp³-hybridized carbons (Fsp3) is 0.395. The minimum atomic E-state index is -3.89. The molecule has 13 rings (SSSR count). The van der Waals surface area contributed by atoms with E-state index in [0.717, 1.165) is 34.4 Å². The highest BCUT2D eigenvalue weighted by Crippen LogP contribution is 2.43. The van der Waals surface area contributed by atoms with Crippen molar-refractivity contribution in [2.75, 3.05) is 89.8 Å². The number of fused-ring (bicyclic) bond motifs is 5. The Morgan fingerprint density at radius 3 is 1.06 bits per heavy atom. The Kier molecular flexibility index (Phi) is 31.6. The molecule has 5 aliphatic rings. The standard InChI is InChI=1S/C24H31NO6S.C20H23NO6S.C18H21NO4S.C9H9NO2.C9H11NO.C6H11BrO2/c1-16-11-20(29-6)12-17(2)23(16)32(27,28)25-19(13-18-9-7-8-10-21(18)25)14-30-15-22(26)31-24(3,4)5;1-13-8-17(26-3)9-14(2)20(13)28(24,25)21-16(11-27-12-19(22)23)10-15-6-4-5-7-18(15)21;1-12-8-16(23-3)9-13(2)18(12)24(21,22)19-15(11-20)10-14-6-4-5-7-17(14)19;11-9(12)8-5-6-3-1-2-4-7(6)10-8;11-6-8-5-7-3-1-2-4-9(7)10-8;1-6(2,3)9-5(8)4-7/h7-12,19H,13-15H2,1-6H3;4-9,16H,10-12H2,1-3H3,(H,22,23);4-9,15,20H,10-11H2,1-3H3;1-4,8,10H,5H2,(H,11,12);1-4,8,10-11H,5-6H2;4H2,1-3H3/t19-;16-;15-;2*8-;/m00000./s1. The van der Waals surface area contributed by atoms with E-state index in [2.05, 4.69) is 32.6 Å². The average molecular weight is 1720 g/mol. The van der Waals surface area contributed by atoms with Crippen molar-refractivity contribution in [3.05, 3.63) is 219 Å². The summed E-state index contributed by atoms with van der Waals surface area (Å²) in [6.07, 6.45) is 3.01. The Morgan fingerprint density at radius 2 is 0.750 bits per heavy atom. The lowest BCUT2D eigenvalue weighted by Gasteiger charge is -2.28. The third kappa shape index (κ3) is 23.1. The Labute approximate surface area is 689 Å². The van der Waals surface area contributed by atoms with Crippen LogP contribution in [0.15, 0.2) is 172 Å². The van der Waals surface area contributed by atoms with Gasteiger partial charge in [0.15, 0.2) is 0 Å². The van der Waals surface area contributed by atoms with Crippen LogP contribution >= 0.6 is 15.9 Å². The van der Waals surface area contributed by atoms with Gasteiger partial charge in [-0.05, 0) is 237 Å². The monoisotopic (exact) mass is 1720 g/mol. The molecule has 6 N–H and O–H groups in total. The van der Waals surface area contributed by atoms with Gasteiger partial charge in [0, 0.05) is 17.8 Å². The fourth-order valence-electron chi connectivity index (χ4n) is 14.5. The van der Waals surface area contributed by atoms with Crippen LogP contribution in [0.4, 0.5) is 28.4 Å². The van der Waals surface area contributed by atoms with Gasteiger partial charge in [0.1, 0.15) is 53.0 Å². The highest BCUT2D eigenvalue weighted by atomic mass is 79.9. The van der Waals surface area contributed by atoms with Crippen LogP contribution in [-0.2, 0) is 100 Å². The summed E-state index contributed by atoms with van der Waals surface area (Å²) in [5.74, 6) is -0.746. The summed E-state index contributed by atoms with van der Waals surface area (Å²) in [5.41, 5.74) is 11.8. The van der Waals surface area contributed by atoms with E-state index < -0.39 is 84.4 Å². The maximum atomic E-state index is 13.9. The molecule has 8 aromatic carbocycles. The van der Waals surface area contributed by atoms with Gasteiger partial charge in [0.2, 0.25) is 0 Å². The maximum Gasteiger partial charge on any atom is 0.332 e. The molecule has 626 valence electrons. The highest BCUT2D eigenvalue weighted by Gasteiger charge is 2.43. The number of sulfonamides is 3. The number of nitrogens with zero attached hydrogens (tertiary/aromatic N) is 3. The van der Waals surface area contributed by atoms with Crippen LogP contribution in [0, 0.1) is 41.5 Å². The van der Waals surface area contributed by atoms with E-state index in [4.69, 9.17) is 48.5 Å². The van der Waals surface area contributed by atoms with Crippen LogP contribution in [-0.4, -0.2) is 177 Å². The minimum absolute atomic E-state index is 0.00550. The lowest BCUT2D eigenvalue weighted by atomic mass is 10.1. The van der Waals surface area contributed by atoms with Crippen molar-refractivity contribution in [2.45, 2.75) is 171 Å². The zero-order valence-corrected chi connectivity index (χ0v) is 72.1. The van der Waals surface area contributed by atoms with Crippen molar-refractivity contribution in [2.24, 2.45) is 0 Å². The molecule has 0 radical (unpaired) electrons. The first-order valence-corrected chi connectivity index (χ1v) is 43.0. The van der Waals surface area contributed by atoms with Crippen LogP contribution in [0.25, 0.3) is 0 Å². The van der Waals surface area contributed by atoms with E-state index in [-0.39, 0.29) is 70.7 Å². The molecule has 0 spiro atoms. The average Bonchev–Trinajstić information content (AvgIpc) is 1.57. The van der Waals surface area contributed by atoms with Crippen molar-refractivity contribution in [3.8, 4) is 17.2 Å². The summed E-state index contributed by atoms with van der Waals surface area (Å²) in [5, 5.41) is 42.6. The Morgan fingerprint density at radius 1 is 0.431 bits per heavy atom. The lowest BCUT2D eigenvalue weighted by Crippen LogP contribution is -2.41. The van der Waals surface area contributed by atoms with Crippen LogP contribution in [0.1, 0.15) is 103 Å². The third-order valence-electron chi connectivity index (χ3n) is 19.0. The second-order valence-electron chi connectivity index (χ2n) is 30.3. The number of aryl methyl sites for hydroxylation is 6. The Hall–Kier alpha value is -9.79. The first kappa shape index (κ1) is 91.7. The van der Waals surface area contributed by atoms with E-state index in [0.29, 0.717) is 93.4 Å². The minimum Gasteiger partial charge on any atom is -0.497 e. The van der Waals surface area contributed by atoms with Crippen LogP contribution in [0.2, 0.25) is 0 Å². The molecule has 0 aliphatic carbocycles. The number of aliphatic hydroxyl groups excluding tert-OH is 2. The summed E-state index contributed by atoms with van der Waals surface area (Å²) in [6, 6.07) is 46.5. The van der Waals surface area contributed by atoms with Crippen molar-refractivity contribution < 1.29 is 98.0 Å². The number of esters is 2. The normalized spacial score (nSPS) is 16.7. The second-order valence-corrected chi connectivity index (χ2v) is 36.1. The van der Waals surface area contributed by atoms with E-state index in [1.165, 1.54) is 31.3 Å². The summed E-state index contributed by atoms with van der Waals surface area (Å²) >= 11 is 2.99. The van der Waals surface area contributed by atoms with E-state index in [9.17, 15) is 49.5 Å². The second kappa shape index (κ2) is 39.9. The van der Waals surface area contributed by atoms with Crippen molar-refractivity contribution in [1.29, 1.82) is 0 Å². The topological polar surface area (TPSA) is 350 Å². The summed E-state index contributed by atoms with van der Waals surface area (Å²) < 4.78 is 123. The molecule has 5 atom stereocenters. The number of aliphatic hydroxyl groups is 2. The summed E-state index contributed by atoms with van der Waals surface area (Å²) in [4.78, 5) is 44.7. The number of hydrogen-bond acceptors (Lipinski definition) is 21. The molecule has 116 heavy (non-hydrogen) atoms. The number of hydrogen-bond donors (Lipinski definition) is 6. The molecule has 0 fully saturated rings. The number of para-hydroxylation sites is 5. The number of rotatable bonds is 21. The number of halogens is 1. The number of carbonyl (C=O) groups excluding carboxylic acids is 2. The largest absolute Gasteiger partial charge is 0.497 e. The number of carbonyl (C=O) groups is 4. The molecule has 5 aliphatic heterocycles. The van der Waals surface area contributed by atoms with E-state index >= 15 is 0 Å². The van der Waals surface area contributed by atoms with Crippen LogP contribution in [0.3, 0.4) is 0 Å². The molecule has 26 nitrogen and oxygen atoms in total. The molecule has 0 aromatic heterocycles. The highest BCUT2D eigenvalue weighted by molar-refractivity contribution is 9.09. The van der Waals surface area contributed by atoms with Crippen LogP contribution < -0.4 is 37.8 Å². The first-order valence-electron chi connectivity index (χ1n) is 37.5. The van der Waals surface area contributed by atoms with Gasteiger partial charge in [0.05, 0.1) is 104 Å². The predicted octanol–water partition coefficient (Wildman–Crippen LogP) is 12.6. The summed E-state index contributed by atoms with van der Waals surface area (Å²) in [7, 11) is -6.91. The van der Waals surface area contributed by atoms with Gasteiger partial charge in [-0.25, -0.2) is 39.6 Å². The number of anilines is 5. The van der Waals surface area contributed by atoms with Gasteiger partial charge in [-0.15, -0.1) is 0 Å². The first-order chi connectivity index (χ1) is 54.7. The molecule has 30 heteroatoms. The van der Waals surface area contributed by atoms with Gasteiger partial charge in [-0.3, -0.25) is 17.7 Å². The predicted molar refractivity (Wildman–Crippen MR) is 450 cm³/mol. The van der Waals surface area contributed by atoms with Crippen molar-refractivity contribution in [1.82, 2.24) is 0 Å². The molecule has 8 aromatic rings. The van der Waals surface area contributed by atoms with Crippen molar-refractivity contribution in [3.63, 3.8) is 0 Å². The Bertz CT molecular complexity index is 5050. The molecule has 5 heterocycles. The quantitative estimate of drug-likeness (QED) is 0.0287. The number of carboxylic acid groups (broad SMARTS) is 2. The van der Waals surface area contributed by atoms with Gasteiger partial charge in [-0.1, -0.05) is 107 Å². The molecular weight excluding hydrogens is 1620 g/mol. The zero-order chi connectivity index (χ0) is 85.4.